The number of Topliss-reactive ketones (excluding diaryl/α,β-unsaturated/α-hetero) is 1. The van der Waals surface area contributed by atoms with Crippen molar-refractivity contribution in [1.82, 2.24) is 4.57 Å². The van der Waals surface area contributed by atoms with Crippen molar-refractivity contribution in [3.8, 4) is 5.75 Å². The van der Waals surface area contributed by atoms with Gasteiger partial charge in [-0.05, 0) is 47.9 Å². The molecule has 0 aliphatic carbocycles. The lowest BCUT2D eigenvalue weighted by molar-refractivity contribution is 0.0973. The van der Waals surface area contributed by atoms with Crippen LogP contribution in [0, 0.1) is 0 Å². The van der Waals surface area contributed by atoms with Gasteiger partial charge in [0.15, 0.2) is 5.78 Å². The number of fused-ring (bicyclic) bond motifs is 1. The zero-order valence-corrected chi connectivity index (χ0v) is 12.3. The molecule has 0 bridgehead atoms. The molecule has 3 rings (SSSR count). The number of hydrogen-bond donors (Lipinski definition) is 0. The highest BCUT2D eigenvalue weighted by atomic mass is 35.5. The van der Waals surface area contributed by atoms with E-state index in [0.29, 0.717) is 10.6 Å². The van der Waals surface area contributed by atoms with Crippen molar-refractivity contribution >= 4 is 28.3 Å². The van der Waals surface area contributed by atoms with Crippen LogP contribution in [0.25, 0.3) is 10.9 Å². The molecule has 0 fully saturated rings. The minimum atomic E-state index is 0.0510. The van der Waals surface area contributed by atoms with Gasteiger partial charge in [-0.1, -0.05) is 17.7 Å². The maximum atomic E-state index is 12.3. The molecule has 2 aromatic carbocycles. The fourth-order valence-corrected chi connectivity index (χ4v) is 2.48. The number of rotatable bonds is 4. The van der Waals surface area contributed by atoms with E-state index in [1.54, 1.807) is 31.4 Å². The van der Waals surface area contributed by atoms with E-state index in [1.807, 2.05) is 35.0 Å². The van der Waals surface area contributed by atoms with Gasteiger partial charge in [-0.2, -0.15) is 0 Å². The molecule has 0 aliphatic heterocycles. The second-order valence-electron chi connectivity index (χ2n) is 4.80. The van der Waals surface area contributed by atoms with E-state index in [2.05, 4.69) is 0 Å². The lowest BCUT2D eigenvalue weighted by Crippen LogP contribution is -2.09. The first-order valence-electron chi connectivity index (χ1n) is 6.59. The zero-order valence-electron chi connectivity index (χ0n) is 11.5. The van der Waals surface area contributed by atoms with Crippen molar-refractivity contribution in [1.29, 1.82) is 0 Å². The van der Waals surface area contributed by atoms with Crippen LogP contribution in [0.1, 0.15) is 10.4 Å². The second-order valence-corrected chi connectivity index (χ2v) is 5.23. The van der Waals surface area contributed by atoms with Crippen molar-refractivity contribution in [2.45, 2.75) is 6.54 Å². The van der Waals surface area contributed by atoms with Crippen molar-refractivity contribution in [2.75, 3.05) is 7.11 Å². The van der Waals surface area contributed by atoms with Gasteiger partial charge in [0.05, 0.1) is 13.7 Å². The normalized spacial score (nSPS) is 10.8. The number of ether oxygens (including phenoxy) is 1. The molecule has 3 nitrogen and oxygen atoms in total. The van der Waals surface area contributed by atoms with E-state index in [1.165, 1.54) is 0 Å². The molecule has 3 aromatic rings. The summed E-state index contributed by atoms with van der Waals surface area (Å²) in [4.78, 5) is 12.3. The highest BCUT2D eigenvalue weighted by Gasteiger charge is 2.09. The van der Waals surface area contributed by atoms with Gasteiger partial charge in [0, 0.05) is 22.3 Å². The van der Waals surface area contributed by atoms with Crippen LogP contribution in [0.3, 0.4) is 0 Å². The van der Waals surface area contributed by atoms with Crippen molar-refractivity contribution in [3.63, 3.8) is 0 Å². The predicted molar refractivity (Wildman–Crippen MR) is 84.3 cm³/mol. The minimum absolute atomic E-state index is 0.0510. The number of carbonyl (C=O) groups excluding carboxylic acids is 1. The van der Waals surface area contributed by atoms with Gasteiger partial charge >= 0.3 is 0 Å². The molecule has 4 heteroatoms. The first-order chi connectivity index (χ1) is 10.2. The number of carbonyl (C=O) groups is 1. The highest BCUT2D eigenvalue weighted by Crippen LogP contribution is 2.21. The molecule has 0 saturated carbocycles. The molecular formula is C17H14ClNO2. The molecule has 0 spiro atoms. The molecular weight excluding hydrogens is 286 g/mol. The molecule has 1 aromatic heterocycles. The summed E-state index contributed by atoms with van der Waals surface area (Å²) >= 11 is 6.02. The summed E-state index contributed by atoms with van der Waals surface area (Å²) in [5.74, 6) is 0.792. The van der Waals surface area contributed by atoms with Gasteiger partial charge in [0.1, 0.15) is 5.75 Å². The standard InChI is InChI=1S/C17H14ClNO2/c1-21-15-6-3-13(4-7-15)17(20)11-19-9-8-12-2-5-14(18)10-16(12)19/h2-10H,11H2,1H3. The van der Waals surface area contributed by atoms with E-state index >= 15 is 0 Å². The van der Waals surface area contributed by atoms with E-state index in [9.17, 15) is 4.79 Å². The Morgan fingerprint density at radius 3 is 2.62 bits per heavy atom. The Hall–Kier alpha value is -2.26. The average molecular weight is 300 g/mol. The van der Waals surface area contributed by atoms with Gasteiger partial charge < -0.3 is 9.30 Å². The molecule has 0 amide bonds. The Balaban J connectivity index is 1.87. The van der Waals surface area contributed by atoms with Crippen LogP contribution in [0.2, 0.25) is 5.02 Å². The summed E-state index contributed by atoms with van der Waals surface area (Å²) in [5, 5.41) is 1.74. The predicted octanol–water partition coefficient (Wildman–Crippen LogP) is 4.19. The number of ketones is 1. The van der Waals surface area contributed by atoms with E-state index in [-0.39, 0.29) is 12.3 Å². The molecule has 106 valence electrons. The molecule has 21 heavy (non-hydrogen) atoms. The fourth-order valence-electron chi connectivity index (χ4n) is 2.32. The Labute approximate surface area is 127 Å². The zero-order chi connectivity index (χ0) is 14.8. The fraction of sp³-hybridized carbons (Fsp3) is 0.118. The third-order valence-electron chi connectivity index (χ3n) is 3.46. The van der Waals surface area contributed by atoms with Gasteiger partial charge in [0.25, 0.3) is 0 Å². The Bertz CT molecular complexity index is 790. The van der Waals surface area contributed by atoms with Crippen molar-refractivity contribution < 1.29 is 9.53 Å². The number of aromatic nitrogens is 1. The van der Waals surface area contributed by atoms with Crippen LogP contribution in [0.15, 0.2) is 54.7 Å². The number of hydrogen-bond acceptors (Lipinski definition) is 2. The molecule has 0 radical (unpaired) electrons. The summed E-state index contributed by atoms with van der Waals surface area (Å²) in [7, 11) is 1.60. The van der Waals surface area contributed by atoms with Gasteiger partial charge in [-0.25, -0.2) is 0 Å². The summed E-state index contributed by atoms with van der Waals surface area (Å²) in [5.41, 5.74) is 1.63. The first-order valence-corrected chi connectivity index (χ1v) is 6.97. The monoisotopic (exact) mass is 299 g/mol. The molecule has 1 heterocycles. The summed E-state index contributed by atoms with van der Waals surface area (Å²) in [6.45, 7) is 0.288. The van der Waals surface area contributed by atoms with E-state index in [0.717, 1.165) is 16.7 Å². The summed E-state index contributed by atoms with van der Waals surface area (Å²) < 4.78 is 7.00. The smallest absolute Gasteiger partial charge is 0.182 e. The number of methoxy groups -OCH3 is 1. The van der Waals surface area contributed by atoms with Crippen LogP contribution in [0.4, 0.5) is 0 Å². The quantitative estimate of drug-likeness (QED) is 0.677. The maximum Gasteiger partial charge on any atom is 0.182 e. The molecule has 0 unspecified atom stereocenters. The summed E-state index contributed by atoms with van der Waals surface area (Å²) in [6.07, 6.45) is 1.91. The minimum Gasteiger partial charge on any atom is -0.497 e. The van der Waals surface area contributed by atoms with Crippen LogP contribution in [-0.4, -0.2) is 17.5 Å². The van der Waals surface area contributed by atoms with Gasteiger partial charge in [-0.3, -0.25) is 4.79 Å². The highest BCUT2D eigenvalue weighted by molar-refractivity contribution is 6.31. The number of nitrogens with zero attached hydrogens (tertiary/aromatic N) is 1. The van der Waals surface area contributed by atoms with Crippen molar-refractivity contribution in [3.05, 3.63) is 65.3 Å². The van der Waals surface area contributed by atoms with E-state index < -0.39 is 0 Å². The lowest BCUT2D eigenvalue weighted by atomic mass is 10.1. The van der Waals surface area contributed by atoms with Crippen molar-refractivity contribution in [2.24, 2.45) is 0 Å². The van der Waals surface area contributed by atoms with Crippen LogP contribution < -0.4 is 4.74 Å². The number of halogens is 1. The SMILES string of the molecule is COc1ccc(C(=O)Cn2ccc3ccc(Cl)cc32)cc1. The Kier molecular flexibility index (Phi) is 3.67. The molecule has 0 aliphatic rings. The lowest BCUT2D eigenvalue weighted by Gasteiger charge is -2.06. The van der Waals surface area contributed by atoms with Crippen LogP contribution in [0.5, 0.6) is 5.75 Å². The average Bonchev–Trinajstić information content (AvgIpc) is 2.89. The summed E-state index contributed by atoms with van der Waals surface area (Å²) in [6, 6.07) is 14.8. The molecule has 0 saturated heterocycles. The second kappa shape index (κ2) is 5.62. The topological polar surface area (TPSA) is 31.2 Å². The van der Waals surface area contributed by atoms with Crippen LogP contribution >= 0.6 is 11.6 Å². The molecule has 0 N–H and O–H groups in total. The maximum absolute atomic E-state index is 12.3. The third kappa shape index (κ3) is 2.78. The van der Waals surface area contributed by atoms with Gasteiger partial charge in [0.2, 0.25) is 0 Å². The Morgan fingerprint density at radius 1 is 1.14 bits per heavy atom. The largest absolute Gasteiger partial charge is 0.497 e. The number of benzene rings is 2. The third-order valence-corrected chi connectivity index (χ3v) is 3.70. The van der Waals surface area contributed by atoms with Crippen LogP contribution in [-0.2, 0) is 6.54 Å². The first kappa shape index (κ1) is 13.7. The molecule has 0 atom stereocenters. The Morgan fingerprint density at radius 2 is 1.90 bits per heavy atom. The van der Waals surface area contributed by atoms with E-state index in [4.69, 9.17) is 16.3 Å². The van der Waals surface area contributed by atoms with Gasteiger partial charge in [-0.15, -0.1) is 0 Å².